The Bertz CT molecular complexity index is 582. The van der Waals surface area contributed by atoms with Gasteiger partial charge in [-0.25, -0.2) is 13.2 Å². The minimum Gasteiger partial charge on any atom is -0.476 e. The second-order valence-corrected chi connectivity index (χ2v) is 7.19. The fraction of sp³-hybridized carbons (Fsp3) is 0.700. The Morgan fingerprint density at radius 2 is 2.37 bits per heavy atom. The van der Waals surface area contributed by atoms with Crippen LogP contribution in [0.15, 0.2) is 6.20 Å². The van der Waals surface area contributed by atoms with Gasteiger partial charge in [0.25, 0.3) is 0 Å². The molecule has 106 valence electrons. The summed E-state index contributed by atoms with van der Waals surface area (Å²) < 4.78 is 24.3. The van der Waals surface area contributed by atoms with E-state index in [1.54, 1.807) is 0 Å². The summed E-state index contributed by atoms with van der Waals surface area (Å²) in [6, 6.07) is 0. The maximum Gasteiger partial charge on any atom is 0.358 e. The van der Waals surface area contributed by atoms with Gasteiger partial charge in [-0.2, -0.15) is 0 Å². The lowest BCUT2D eigenvalue weighted by atomic mass is 10.0. The average molecular weight is 288 g/mol. The molecule has 0 aliphatic carbocycles. The van der Waals surface area contributed by atoms with E-state index in [0.29, 0.717) is 19.5 Å². The fourth-order valence-corrected chi connectivity index (χ4v) is 4.25. The highest BCUT2D eigenvalue weighted by Gasteiger charge is 2.37. The van der Waals surface area contributed by atoms with Crippen LogP contribution in [0.4, 0.5) is 0 Å². The van der Waals surface area contributed by atoms with Crippen molar-refractivity contribution >= 4 is 15.8 Å². The van der Waals surface area contributed by atoms with Gasteiger partial charge in [0.05, 0.1) is 24.2 Å². The second-order valence-electron chi connectivity index (χ2n) is 5.00. The number of nitrogens with zero attached hydrogens (tertiary/aromatic N) is 3. The number of aromatic carboxylic acids is 1. The van der Waals surface area contributed by atoms with Crippen LogP contribution in [-0.4, -0.2) is 58.1 Å². The molecule has 9 heteroatoms. The van der Waals surface area contributed by atoms with Crippen molar-refractivity contribution in [3.8, 4) is 0 Å². The van der Waals surface area contributed by atoms with Crippen LogP contribution >= 0.6 is 0 Å². The lowest BCUT2D eigenvalue weighted by Crippen LogP contribution is -2.44. The first-order valence-electron chi connectivity index (χ1n) is 5.89. The average Bonchev–Trinajstić information content (AvgIpc) is 2.84. The first-order valence-corrected chi connectivity index (χ1v) is 7.71. The lowest BCUT2D eigenvalue weighted by molar-refractivity contribution is 0.0690. The first kappa shape index (κ1) is 13.9. The van der Waals surface area contributed by atoms with Crippen molar-refractivity contribution in [2.24, 2.45) is 0 Å². The van der Waals surface area contributed by atoms with Gasteiger partial charge in [0.15, 0.2) is 15.5 Å². The molecular formula is C10H16N4O4S. The van der Waals surface area contributed by atoms with Gasteiger partial charge in [-0.3, -0.25) is 4.68 Å². The van der Waals surface area contributed by atoms with Crippen LogP contribution in [0.3, 0.4) is 0 Å². The number of hydrogen-bond donors (Lipinski definition) is 2. The van der Waals surface area contributed by atoms with Crippen LogP contribution in [0.1, 0.15) is 23.8 Å². The van der Waals surface area contributed by atoms with Crippen LogP contribution in [0.5, 0.6) is 0 Å². The molecule has 1 aromatic rings. The largest absolute Gasteiger partial charge is 0.476 e. The van der Waals surface area contributed by atoms with E-state index in [1.807, 2.05) is 6.92 Å². The van der Waals surface area contributed by atoms with Crippen LogP contribution in [0, 0.1) is 0 Å². The van der Waals surface area contributed by atoms with Gasteiger partial charge in [0.1, 0.15) is 0 Å². The fourth-order valence-electron chi connectivity index (χ4n) is 2.13. The molecule has 1 aliphatic heterocycles. The van der Waals surface area contributed by atoms with Crippen LogP contribution < -0.4 is 5.32 Å². The molecule has 0 spiro atoms. The number of nitrogens with one attached hydrogen (secondary N) is 1. The molecule has 0 aromatic carbocycles. The number of sulfone groups is 1. The third-order valence-corrected chi connectivity index (χ3v) is 5.06. The number of rotatable bonds is 5. The van der Waals surface area contributed by atoms with Crippen molar-refractivity contribution in [3.63, 3.8) is 0 Å². The quantitative estimate of drug-likeness (QED) is 0.724. The third-order valence-electron chi connectivity index (χ3n) is 3.15. The standard InChI is InChI=1S/C10H16N4O4S/c1-10(2-5-19(17,18)7-10)11-3-4-14-6-8(9(15)16)12-13-14/h6,11H,2-5,7H2,1H3,(H,15,16). The Morgan fingerprint density at radius 3 is 2.89 bits per heavy atom. The summed E-state index contributed by atoms with van der Waals surface area (Å²) in [7, 11) is -2.93. The molecule has 2 rings (SSSR count). The summed E-state index contributed by atoms with van der Waals surface area (Å²) in [5.74, 6) is -0.770. The van der Waals surface area contributed by atoms with E-state index in [1.165, 1.54) is 10.9 Å². The molecule has 1 unspecified atom stereocenters. The van der Waals surface area contributed by atoms with E-state index in [9.17, 15) is 13.2 Å². The Morgan fingerprint density at radius 1 is 1.63 bits per heavy atom. The van der Waals surface area contributed by atoms with Crippen molar-refractivity contribution in [3.05, 3.63) is 11.9 Å². The SMILES string of the molecule is CC1(NCCn2cc(C(=O)O)nn2)CCS(=O)(=O)C1. The zero-order chi connectivity index (χ0) is 14.1. The van der Waals surface area contributed by atoms with Crippen molar-refractivity contribution < 1.29 is 18.3 Å². The molecule has 8 nitrogen and oxygen atoms in total. The summed E-state index contributed by atoms with van der Waals surface area (Å²) in [6.07, 6.45) is 1.94. The van der Waals surface area contributed by atoms with Gasteiger partial charge in [0.2, 0.25) is 0 Å². The number of carboxylic acids is 1. The minimum atomic E-state index is -2.93. The van der Waals surface area contributed by atoms with Crippen molar-refractivity contribution in [1.82, 2.24) is 20.3 Å². The summed E-state index contributed by atoms with van der Waals surface area (Å²) >= 11 is 0. The van der Waals surface area contributed by atoms with E-state index < -0.39 is 21.3 Å². The van der Waals surface area contributed by atoms with Gasteiger partial charge in [-0.15, -0.1) is 5.10 Å². The zero-order valence-electron chi connectivity index (χ0n) is 10.5. The number of aromatic nitrogens is 3. The third kappa shape index (κ3) is 3.51. The van der Waals surface area contributed by atoms with Crippen molar-refractivity contribution in [2.45, 2.75) is 25.4 Å². The Balaban J connectivity index is 1.85. The highest BCUT2D eigenvalue weighted by molar-refractivity contribution is 7.91. The lowest BCUT2D eigenvalue weighted by Gasteiger charge is -2.23. The summed E-state index contributed by atoms with van der Waals surface area (Å²) in [5, 5.41) is 19.1. The molecule has 1 aromatic heterocycles. The molecule has 1 saturated heterocycles. The maximum atomic E-state index is 11.4. The predicted octanol–water partition coefficient (Wildman–Crippen LogP) is -0.857. The van der Waals surface area contributed by atoms with E-state index in [4.69, 9.17) is 5.11 Å². The molecule has 0 bridgehead atoms. The van der Waals surface area contributed by atoms with E-state index >= 15 is 0 Å². The summed E-state index contributed by atoms with van der Waals surface area (Å²) in [5.41, 5.74) is -0.510. The van der Waals surface area contributed by atoms with E-state index in [0.717, 1.165) is 0 Å². The maximum absolute atomic E-state index is 11.4. The van der Waals surface area contributed by atoms with E-state index in [-0.39, 0.29) is 17.2 Å². The minimum absolute atomic E-state index is 0.102. The molecule has 1 atom stereocenters. The highest BCUT2D eigenvalue weighted by Crippen LogP contribution is 2.22. The molecule has 1 fully saturated rings. The Hall–Kier alpha value is -1.48. The van der Waals surface area contributed by atoms with E-state index in [2.05, 4.69) is 15.6 Å². The number of carbonyl (C=O) groups is 1. The Labute approximate surface area is 110 Å². The topological polar surface area (TPSA) is 114 Å². The van der Waals surface area contributed by atoms with Gasteiger partial charge in [-0.05, 0) is 13.3 Å². The van der Waals surface area contributed by atoms with Gasteiger partial charge < -0.3 is 10.4 Å². The van der Waals surface area contributed by atoms with Crippen LogP contribution in [0.25, 0.3) is 0 Å². The van der Waals surface area contributed by atoms with Gasteiger partial charge in [0, 0.05) is 12.1 Å². The molecule has 1 aliphatic rings. The number of hydrogen-bond acceptors (Lipinski definition) is 6. The first-order chi connectivity index (χ1) is 8.80. The highest BCUT2D eigenvalue weighted by atomic mass is 32.2. The molecule has 2 heterocycles. The molecule has 0 radical (unpaired) electrons. The van der Waals surface area contributed by atoms with Crippen LogP contribution in [-0.2, 0) is 16.4 Å². The zero-order valence-corrected chi connectivity index (χ0v) is 11.4. The predicted molar refractivity (Wildman–Crippen MR) is 66.7 cm³/mol. The molecule has 2 N–H and O–H groups in total. The normalized spacial score (nSPS) is 25.5. The van der Waals surface area contributed by atoms with Crippen molar-refractivity contribution in [1.29, 1.82) is 0 Å². The molecule has 0 amide bonds. The Kier molecular flexibility index (Phi) is 3.59. The monoisotopic (exact) mass is 288 g/mol. The van der Waals surface area contributed by atoms with Gasteiger partial charge >= 0.3 is 5.97 Å². The second kappa shape index (κ2) is 4.89. The van der Waals surface area contributed by atoms with Gasteiger partial charge in [-0.1, -0.05) is 5.21 Å². The smallest absolute Gasteiger partial charge is 0.358 e. The number of carboxylic acid groups (broad SMARTS) is 1. The summed E-state index contributed by atoms with van der Waals surface area (Å²) in [6.45, 7) is 2.83. The molecule has 19 heavy (non-hydrogen) atoms. The van der Waals surface area contributed by atoms with Crippen LogP contribution in [0.2, 0.25) is 0 Å². The van der Waals surface area contributed by atoms with Crippen molar-refractivity contribution in [2.75, 3.05) is 18.1 Å². The molecular weight excluding hydrogens is 272 g/mol. The molecule has 0 saturated carbocycles. The summed E-state index contributed by atoms with van der Waals surface area (Å²) in [4.78, 5) is 10.6.